The van der Waals surface area contributed by atoms with Gasteiger partial charge in [-0.15, -0.1) is 0 Å². The van der Waals surface area contributed by atoms with E-state index in [4.69, 9.17) is 14.2 Å². The standard InChI is InChI=1S/C17H17NO5/c1-21-12-5-7-16(22-2)13(9-12)14(19)6-4-11-8-15(20)17(23-3)10-18-11/h4-10H,1-3H3,(H,18,20). The third-order valence-corrected chi connectivity index (χ3v) is 3.21. The van der Waals surface area contributed by atoms with Gasteiger partial charge in [-0.05, 0) is 30.4 Å². The molecule has 1 aromatic heterocycles. The zero-order chi connectivity index (χ0) is 16.8. The fourth-order valence-electron chi connectivity index (χ4n) is 1.99. The Morgan fingerprint density at radius 2 is 1.78 bits per heavy atom. The van der Waals surface area contributed by atoms with Crippen LogP contribution in [0.1, 0.15) is 16.1 Å². The first-order valence-corrected chi connectivity index (χ1v) is 6.80. The van der Waals surface area contributed by atoms with Crippen LogP contribution in [0.15, 0.2) is 41.3 Å². The van der Waals surface area contributed by atoms with Gasteiger partial charge in [0.05, 0.1) is 26.9 Å². The van der Waals surface area contributed by atoms with E-state index in [0.29, 0.717) is 22.8 Å². The number of pyridine rings is 1. The van der Waals surface area contributed by atoms with E-state index in [9.17, 15) is 9.59 Å². The van der Waals surface area contributed by atoms with Crippen LogP contribution in [0.4, 0.5) is 0 Å². The Kier molecular flexibility index (Phi) is 5.19. The molecule has 1 N–H and O–H groups in total. The zero-order valence-electron chi connectivity index (χ0n) is 13.1. The van der Waals surface area contributed by atoms with E-state index in [0.717, 1.165) is 0 Å². The van der Waals surface area contributed by atoms with Gasteiger partial charge in [-0.3, -0.25) is 9.59 Å². The Hall–Kier alpha value is -3.02. The van der Waals surface area contributed by atoms with E-state index in [1.54, 1.807) is 18.2 Å². The Bertz CT molecular complexity index is 792. The Morgan fingerprint density at radius 1 is 1.04 bits per heavy atom. The van der Waals surface area contributed by atoms with E-state index in [2.05, 4.69) is 4.98 Å². The van der Waals surface area contributed by atoms with E-state index in [-0.39, 0.29) is 17.0 Å². The number of nitrogens with one attached hydrogen (secondary N) is 1. The van der Waals surface area contributed by atoms with Gasteiger partial charge in [0, 0.05) is 18.0 Å². The molecule has 0 unspecified atom stereocenters. The molecule has 120 valence electrons. The zero-order valence-corrected chi connectivity index (χ0v) is 13.1. The minimum Gasteiger partial charge on any atom is -0.497 e. The number of H-pyrrole nitrogens is 1. The number of benzene rings is 1. The smallest absolute Gasteiger partial charge is 0.223 e. The summed E-state index contributed by atoms with van der Waals surface area (Å²) in [4.78, 5) is 26.9. The van der Waals surface area contributed by atoms with Crippen molar-refractivity contribution in [1.82, 2.24) is 4.98 Å². The van der Waals surface area contributed by atoms with Crippen molar-refractivity contribution in [3.05, 3.63) is 58.0 Å². The van der Waals surface area contributed by atoms with Crippen LogP contribution in [0, 0.1) is 0 Å². The normalized spacial score (nSPS) is 10.6. The van der Waals surface area contributed by atoms with E-state index in [1.807, 2.05) is 0 Å². The minimum atomic E-state index is -0.266. The second kappa shape index (κ2) is 7.31. The average molecular weight is 315 g/mol. The van der Waals surface area contributed by atoms with E-state index < -0.39 is 0 Å². The first-order valence-electron chi connectivity index (χ1n) is 6.80. The maximum absolute atomic E-state index is 12.3. The van der Waals surface area contributed by atoms with Gasteiger partial charge >= 0.3 is 0 Å². The highest BCUT2D eigenvalue weighted by molar-refractivity contribution is 6.08. The largest absolute Gasteiger partial charge is 0.497 e. The number of aromatic amines is 1. The van der Waals surface area contributed by atoms with E-state index in [1.165, 1.54) is 45.7 Å². The molecule has 0 bridgehead atoms. The molecule has 0 aliphatic heterocycles. The van der Waals surface area contributed by atoms with Crippen LogP contribution in [0.2, 0.25) is 0 Å². The van der Waals surface area contributed by atoms with Crippen LogP contribution in [-0.2, 0) is 0 Å². The predicted molar refractivity (Wildman–Crippen MR) is 86.5 cm³/mol. The highest BCUT2D eigenvalue weighted by Crippen LogP contribution is 2.24. The number of rotatable bonds is 6. The molecular formula is C17H17NO5. The first kappa shape index (κ1) is 16.4. The van der Waals surface area contributed by atoms with Gasteiger partial charge in [-0.2, -0.15) is 0 Å². The maximum atomic E-state index is 12.3. The molecule has 0 radical (unpaired) electrons. The van der Waals surface area contributed by atoms with Crippen molar-refractivity contribution in [3.8, 4) is 17.2 Å². The van der Waals surface area contributed by atoms with Crippen LogP contribution >= 0.6 is 0 Å². The van der Waals surface area contributed by atoms with Gasteiger partial charge in [-0.25, -0.2) is 0 Å². The van der Waals surface area contributed by atoms with Crippen molar-refractivity contribution >= 4 is 11.9 Å². The molecule has 2 aromatic rings. The number of ether oxygens (including phenoxy) is 3. The molecule has 0 saturated heterocycles. The lowest BCUT2D eigenvalue weighted by Crippen LogP contribution is -2.05. The summed E-state index contributed by atoms with van der Waals surface area (Å²) < 4.78 is 15.2. The van der Waals surface area contributed by atoms with Gasteiger partial charge in [0.15, 0.2) is 11.5 Å². The van der Waals surface area contributed by atoms with Crippen LogP contribution in [0.3, 0.4) is 0 Å². The number of carbonyl (C=O) groups is 1. The van der Waals surface area contributed by atoms with E-state index >= 15 is 0 Å². The molecule has 0 amide bonds. The molecule has 0 fully saturated rings. The minimum absolute atomic E-state index is 0.211. The third-order valence-electron chi connectivity index (χ3n) is 3.21. The summed E-state index contributed by atoms with van der Waals surface area (Å²) in [5.41, 5.74) is 0.599. The van der Waals surface area contributed by atoms with Gasteiger partial charge in [0.2, 0.25) is 5.43 Å². The second-order valence-electron chi connectivity index (χ2n) is 4.58. The Labute approximate surface area is 133 Å². The second-order valence-corrected chi connectivity index (χ2v) is 4.58. The number of aromatic nitrogens is 1. The number of ketones is 1. The summed E-state index contributed by atoms with van der Waals surface area (Å²) in [7, 11) is 4.43. The van der Waals surface area contributed by atoms with Gasteiger partial charge < -0.3 is 19.2 Å². The molecule has 0 atom stereocenters. The Morgan fingerprint density at radius 3 is 2.39 bits per heavy atom. The highest BCUT2D eigenvalue weighted by Gasteiger charge is 2.11. The molecular weight excluding hydrogens is 298 g/mol. The highest BCUT2D eigenvalue weighted by atomic mass is 16.5. The lowest BCUT2D eigenvalue weighted by atomic mass is 10.1. The number of hydrogen-bond donors (Lipinski definition) is 1. The molecule has 2 rings (SSSR count). The summed E-state index contributed by atoms with van der Waals surface area (Å²) in [5.74, 6) is 0.949. The molecule has 6 heteroatoms. The molecule has 0 spiro atoms. The van der Waals surface area contributed by atoms with Gasteiger partial charge in [0.25, 0.3) is 0 Å². The van der Waals surface area contributed by atoms with Crippen LogP contribution < -0.4 is 19.6 Å². The quantitative estimate of drug-likeness (QED) is 0.654. The van der Waals surface area contributed by atoms with Gasteiger partial charge in [0.1, 0.15) is 11.5 Å². The van der Waals surface area contributed by atoms with Crippen molar-refractivity contribution < 1.29 is 19.0 Å². The number of hydrogen-bond acceptors (Lipinski definition) is 5. The summed E-state index contributed by atoms with van der Waals surface area (Å²) in [6.45, 7) is 0. The third kappa shape index (κ3) is 3.79. The molecule has 0 saturated carbocycles. The van der Waals surface area contributed by atoms with Crippen LogP contribution in [-0.4, -0.2) is 32.1 Å². The van der Waals surface area contributed by atoms with Crippen LogP contribution in [0.5, 0.6) is 17.2 Å². The van der Waals surface area contributed by atoms with Crippen molar-refractivity contribution in [2.75, 3.05) is 21.3 Å². The molecule has 1 aromatic carbocycles. The molecule has 0 aliphatic rings. The molecule has 23 heavy (non-hydrogen) atoms. The molecule has 0 aliphatic carbocycles. The molecule has 1 heterocycles. The SMILES string of the molecule is COc1ccc(OC)c(C(=O)C=Cc2cc(=O)c(OC)c[nH]2)c1. The lowest BCUT2D eigenvalue weighted by Gasteiger charge is -2.07. The topological polar surface area (TPSA) is 77.6 Å². The van der Waals surface area contributed by atoms with Crippen LogP contribution in [0.25, 0.3) is 6.08 Å². The lowest BCUT2D eigenvalue weighted by molar-refractivity contribution is 0.104. The monoisotopic (exact) mass is 315 g/mol. The van der Waals surface area contributed by atoms with Crippen molar-refractivity contribution in [2.24, 2.45) is 0 Å². The summed E-state index contributed by atoms with van der Waals surface area (Å²) in [6, 6.07) is 6.32. The fourth-order valence-corrected chi connectivity index (χ4v) is 1.99. The van der Waals surface area contributed by atoms with Crippen molar-refractivity contribution in [1.29, 1.82) is 0 Å². The van der Waals surface area contributed by atoms with Crippen molar-refractivity contribution in [3.63, 3.8) is 0 Å². The summed E-state index contributed by atoms with van der Waals surface area (Å²) in [5, 5.41) is 0. The average Bonchev–Trinajstić information content (AvgIpc) is 2.59. The number of methoxy groups -OCH3 is 3. The predicted octanol–water partition coefficient (Wildman–Crippen LogP) is 2.30. The Balaban J connectivity index is 2.28. The van der Waals surface area contributed by atoms with Crippen molar-refractivity contribution in [2.45, 2.75) is 0 Å². The molecule has 6 nitrogen and oxygen atoms in total. The summed E-state index contributed by atoms with van der Waals surface area (Å²) >= 11 is 0. The number of carbonyl (C=O) groups excluding carboxylic acids is 1. The number of allylic oxidation sites excluding steroid dienone is 1. The summed E-state index contributed by atoms with van der Waals surface area (Å²) in [6.07, 6.45) is 4.32. The van der Waals surface area contributed by atoms with Gasteiger partial charge in [-0.1, -0.05) is 0 Å². The fraction of sp³-hybridized carbons (Fsp3) is 0.176. The maximum Gasteiger partial charge on any atom is 0.223 e. The first-order chi connectivity index (χ1) is 11.1.